The summed E-state index contributed by atoms with van der Waals surface area (Å²) in [5, 5.41) is 5.76. The first-order valence-electron chi connectivity index (χ1n) is 7.11. The van der Waals surface area contributed by atoms with Crippen LogP contribution in [0.1, 0.15) is 20.8 Å². The van der Waals surface area contributed by atoms with Gasteiger partial charge in [0.2, 0.25) is 0 Å². The number of hydrogen-bond donors (Lipinski definition) is 2. The topological polar surface area (TPSA) is 76.7 Å². The Bertz CT molecular complexity index is 552. The fourth-order valence-corrected chi connectivity index (χ4v) is 1.76. The zero-order valence-electron chi connectivity index (χ0n) is 13.2. The Labute approximate surface area is 145 Å². The quantitative estimate of drug-likeness (QED) is 0.790. The third kappa shape index (κ3) is 7.95. The fourth-order valence-electron chi connectivity index (χ4n) is 1.47. The first-order chi connectivity index (χ1) is 10.8. The van der Waals surface area contributed by atoms with Crippen molar-refractivity contribution in [2.75, 3.05) is 18.5 Å². The third-order valence-electron chi connectivity index (χ3n) is 2.56. The van der Waals surface area contributed by atoms with Gasteiger partial charge in [0.1, 0.15) is 6.10 Å². The SMILES string of the molecule is CC(C)COC(=O)NC[C@H](C)OC(=O)Nc1ccc(Cl)c(Cl)c1. The molecular formula is C15H20Cl2N2O4. The Balaban J connectivity index is 2.33. The highest BCUT2D eigenvalue weighted by atomic mass is 35.5. The molecule has 0 bridgehead atoms. The van der Waals surface area contributed by atoms with E-state index in [0.29, 0.717) is 22.3 Å². The van der Waals surface area contributed by atoms with Crippen molar-refractivity contribution in [3.05, 3.63) is 28.2 Å². The largest absolute Gasteiger partial charge is 0.449 e. The van der Waals surface area contributed by atoms with Gasteiger partial charge in [-0.25, -0.2) is 9.59 Å². The summed E-state index contributed by atoms with van der Waals surface area (Å²) in [5.41, 5.74) is 0.459. The van der Waals surface area contributed by atoms with Crippen LogP contribution < -0.4 is 10.6 Å². The second-order valence-electron chi connectivity index (χ2n) is 5.34. The third-order valence-corrected chi connectivity index (χ3v) is 3.29. The number of halogens is 2. The van der Waals surface area contributed by atoms with Crippen LogP contribution in [0.25, 0.3) is 0 Å². The standard InChI is InChI=1S/C15H20Cl2N2O4/c1-9(2)8-22-14(20)18-7-10(3)23-15(21)19-11-4-5-12(16)13(17)6-11/h4-6,9-10H,7-8H2,1-3H3,(H,18,20)(H,19,21)/t10-/m0/s1. The molecule has 1 rings (SSSR count). The lowest BCUT2D eigenvalue weighted by Crippen LogP contribution is -2.35. The summed E-state index contributed by atoms with van der Waals surface area (Å²) >= 11 is 11.6. The summed E-state index contributed by atoms with van der Waals surface area (Å²) < 4.78 is 10.0. The van der Waals surface area contributed by atoms with Crippen LogP contribution in [0.15, 0.2) is 18.2 Å². The Morgan fingerprint density at radius 2 is 1.83 bits per heavy atom. The van der Waals surface area contributed by atoms with Gasteiger partial charge in [0, 0.05) is 5.69 Å². The predicted molar refractivity (Wildman–Crippen MR) is 90.2 cm³/mol. The van der Waals surface area contributed by atoms with E-state index in [4.69, 9.17) is 32.7 Å². The van der Waals surface area contributed by atoms with Gasteiger partial charge in [-0.2, -0.15) is 0 Å². The van der Waals surface area contributed by atoms with Crippen molar-refractivity contribution in [1.82, 2.24) is 5.32 Å². The molecule has 0 unspecified atom stereocenters. The highest BCUT2D eigenvalue weighted by molar-refractivity contribution is 6.42. The van der Waals surface area contributed by atoms with E-state index in [9.17, 15) is 9.59 Å². The molecule has 0 saturated carbocycles. The average Bonchev–Trinajstić information content (AvgIpc) is 2.46. The highest BCUT2D eigenvalue weighted by Gasteiger charge is 2.12. The molecule has 0 saturated heterocycles. The van der Waals surface area contributed by atoms with Crippen LogP contribution in [0, 0.1) is 5.92 Å². The number of carbonyl (C=O) groups excluding carboxylic acids is 2. The second-order valence-corrected chi connectivity index (χ2v) is 6.16. The molecule has 6 nitrogen and oxygen atoms in total. The lowest BCUT2D eigenvalue weighted by molar-refractivity contribution is 0.107. The van der Waals surface area contributed by atoms with Gasteiger partial charge in [0.15, 0.2) is 0 Å². The van der Waals surface area contributed by atoms with Gasteiger partial charge >= 0.3 is 12.2 Å². The van der Waals surface area contributed by atoms with E-state index in [1.165, 1.54) is 6.07 Å². The van der Waals surface area contributed by atoms with Crippen LogP contribution in [0.3, 0.4) is 0 Å². The molecule has 1 aromatic rings. The Hall–Kier alpha value is -1.66. The van der Waals surface area contributed by atoms with E-state index in [2.05, 4.69) is 10.6 Å². The van der Waals surface area contributed by atoms with Crippen LogP contribution in [-0.4, -0.2) is 31.4 Å². The van der Waals surface area contributed by atoms with E-state index in [1.807, 2.05) is 13.8 Å². The molecule has 8 heteroatoms. The first kappa shape index (κ1) is 19.4. The summed E-state index contributed by atoms with van der Waals surface area (Å²) in [7, 11) is 0. The Morgan fingerprint density at radius 1 is 1.13 bits per heavy atom. The van der Waals surface area contributed by atoms with Crippen molar-refractivity contribution in [2.45, 2.75) is 26.9 Å². The van der Waals surface area contributed by atoms with Gasteiger partial charge in [-0.3, -0.25) is 5.32 Å². The van der Waals surface area contributed by atoms with Gasteiger partial charge in [-0.05, 0) is 31.0 Å². The van der Waals surface area contributed by atoms with Crippen LogP contribution in [0.5, 0.6) is 0 Å². The molecule has 0 spiro atoms. The minimum absolute atomic E-state index is 0.145. The number of rotatable bonds is 6. The number of nitrogens with one attached hydrogen (secondary N) is 2. The maximum atomic E-state index is 11.7. The Kier molecular flexibility index (Phi) is 7.98. The van der Waals surface area contributed by atoms with Crippen LogP contribution in [0.2, 0.25) is 10.0 Å². The smallest absolute Gasteiger partial charge is 0.411 e. The van der Waals surface area contributed by atoms with Crippen LogP contribution in [0.4, 0.5) is 15.3 Å². The lowest BCUT2D eigenvalue weighted by atomic mass is 10.2. The van der Waals surface area contributed by atoms with Crippen molar-refractivity contribution in [3.63, 3.8) is 0 Å². The molecule has 0 aliphatic heterocycles. The number of alkyl carbamates (subject to hydrolysis) is 1. The van der Waals surface area contributed by atoms with Crippen molar-refractivity contribution in [2.24, 2.45) is 5.92 Å². The van der Waals surface area contributed by atoms with E-state index in [0.717, 1.165) is 0 Å². The zero-order valence-corrected chi connectivity index (χ0v) is 14.7. The van der Waals surface area contributed by atoms with E-state index in [-0.39, 0.29) is 12.5 Å². The molecule has 0 aliphatic carbocycles. The van der Waals surface area contributed by atoms with Crippen LogP contribution >= 0.6 is 23.2 Å². The minimum Gasteiger partial charge on any atom is -0.449 e. The normalized spacial score (nSPS) is 11.7. The monoisotopic (exact) mass is 362 g/mol. The Morgan fingerprint density at radius 3 is 2.43 bits per heavy atom. The molecule has 0 aliphatic rings. The van der Waals surface area contributed by atoms with Crippen molar-refractivity contribution in [3.8, 4) is 0 Å². The van der Waals surface area contributed by atoms with Crippen LogP contribution in [-0.2, 0) is 9.47 Å². The average molecular weight is 363 g/mol. The second kappa shape index (κ2) is 9.47. The minimum atomic E-state index is -0.659. The number of benzene rings is 1. The lowest BCUT2D eigenvalue weighted by Gasteiger charge is -2.15. The van der Waals surface area contributed by atoms with Gasteiger partial charge < -0.3 is 14.8 Å². The van der Waals surface area contributed by atoms with Gasteiger partial charge in [0.05, 0.1) is 23.2 Å². The summed E-state index contributed by atoms with van der Waals surface area (Å²) in [5.74, 6) is 0.256. The zero-order chi connectivity index (χ0) is 17.4. The van der Waals surface area contributed by atoms with Gasteiger partial charge in [-0.1, -0.05) is 37.0 Å². The van der Waals surface area contributed by atoms with Crippen molar-refractivity contribution < 1.29 is 19.1 Å². The molecule has 0 radical (unpaired) electrons. The fraction of sp³-hybridized carbons (Fsp3) is 0.467. The molecule has 128 valence electrons. The number of hydrogen-bond acceptors (Lipinski definition) is 4. The molecule has 0 fully saturated rings. The maximum Gasteiger partial charge on any atom is 0.411 e. The molecule has 1 atom stereocenters. The molecule has 23 heavy (non-hydrogen) atoms. The summed E-state index contributed by atoms with van der Waals surface area (Å²) in [6.45, 7) is 6.00. The van der Waals surface area contributed by atoms with E-state index < -0.39 is 18.3 Å². The van der Waals surface area contributed by atoms with Crippen molar-refractivity contribution >= 4 is 41.1 Å². The summed E-state index contributed by atoms with van der Waals surface area (Å²) in [4.78, 5) is 23.1. The van der Waals surface area contributed by atoms with E-state index >= 15 is 0 Å². The first-order valence-corrected chi connectivity index (χ1v) is 7.86. The molecule has 2 amide bonds. The molecule has 0 aromatic heterocycles. The molecule has 0 heterocycles. The summed E-state index contributed by atoms with van der Waals surface area (Å²) in [6.07, 6.45) is -1.73. The van der Waals surface area contributed by atoms with Gasteiger partial charge in [-0.15, -0.1) is 0 Å². The summed E-state index contributed by atoms with van der Waals surface area (Å²) in [6, 6.07) is 4.67. The van der Waals surface area contributed by atoms with E-state index in [1.54, 1.807) is 19.1 Å². The maximum absolute atomic E-state index is 11.7. The predicted octanol–water partition coefficient (Wildman–Crippen LogP) is 4.31. The number of anilines is 1. The number of amides is 2. The molecule has 2 N–H and O–H groups in total. The van der Waals surface area contributed by atoms with Gasteiger partial charge in [0.25, 0.3) is 0 Å². The molecular weight excluding hydrogens is 343 g/mol. The van der Waals surface area contributed by atoms with Crippen molar-refractivity contribution in [1.29, 1.82) is 0 Å². The molecule has 1 aromatic carbocycles. The highest BCUT2D eigenvalue weighted by Crippen LogP contribution is 2.25. The number of ether oxygens (including phenoxy) is 2. The number of carbonyl (C=O) groups is 2.